The molecule has 1 saturated heterocycles. The van der Waals surface area contributed by atoms with Crippen molar-refractivity contribution in [2.75, 3.05) is 19.6 Å². The van der Waals surface area contributed by atoms with Crippen molar-refractivity contribution in [3.63, 3.8) is 0 Å². The van der Waals surface area contributed by atoms with Crippen LogP contribution in [-0.2, 0) is 0 Å². The molecule has 1 heterocycles. The Labute approximate surface area is 94.2 Å². The summed E-state index contributed by atoms with van der Waals surface area (Å²) in [5.74, 6) is 1.72. The highest BCUT2D eigenvalue weighted by atomic mass is 15.2. The quantitative estimate of drug-likeness (QED) is 0.774. The predicted molar refractivity (Wildman–Crippen MR) is 64.8 cm³/mol. The van der Waals surface area contributed by atoms with Crippen LogP contribution in [0.4, 0.5) is 0 Å². The molecule has 1 aliphatic carbocycles. The summed E-state index contributed by atoms with van der Waals surface area (Å²) in [5, 5.41) is 0. The van der Waals surface area contributed by atoms with Gasteiger partial charge in [-0.25, -0.2) is 0 Å². The van der Waals surface area contributed by atoms with Gasteiger partial charge in [0.2, 0.25) is 0 Å². The number of likely N-dealkylation sites (tertiary alicyclic amines) is 1. The van der Waals surface area contributed by atoms with Crippen LogP contribution in [0.1, 0.15) is 45.4 Å². The molecule has 88 valence electrons. The maximum atomic E-state index is 6.04. The standard InChI is InChI=1S/C13H26N2/c1-11-9-15(10-13(11)14)8-7-12-5-3-2-4-6-12/h11-13H,2-10,14H2,1H3. The van der Waals surface area contributed by atoms with E-state index in [-0.39, 0.29) is 0 Å². The van der Waals surface area contributed by atoms with Gasteiger partial charge in [-0.05, 0) is 24.8 Å². The van der Waals surface area contributed by atoms with Crippen molar-refractivity contribution in [3.8, 4) is 0 Å². The average Bonchev–Trinajstić information content (AvgIpc) is 2.57. The minimum absolute atomic E-state index is 0.427. The Hall–Kier alpha value is -0.0800. The third kappa shape index (κ3) is 3.18. The van der Waals surface area contributed by atoms with E-state index < -0.39 is 0 Å². The van der Waals surface area contributed by atoms with E-state index in [0.29, 0.717) is 12.0 Å². The first-order valence-corrected chi connectivity index (χ1v) is 6.73. The van der Waals surface area contributed by atoms with Crippen molar-refractivity contribution >= 4 is 0 Å². The number of nitrogens with zero attached hydrogens (tertiary/aromatic N) is 1. The van der Waals surface area contributed by atoms with Gasteiger partial charge in [-0.15, -0.1) is 0 Å². The molecule has 1 aliphatic heterocycles. The zero-order valence-electron chi connectivity index (χ0n) is 10.1. The van der Waals surface area contributed by atoms with Crippen molar-refractivity contribution in [1.29, 1.82) is 0 Å². The Kier molecular flexibility index (Phi) is 4.04. The molecule has 2 rings (SSSR count). The first kappa shape index (κ1) is 11.4. The van der Waals surface area contributed by atoms with Gasteiger partial charge in [-0.1, -0.05) is 39.0 Å². The van der Waals surface area contributed by atoms with E-state index in [2.05, 4.69) is 11.8 Å². The number of nitrogens with two attached hydrogens (primary N) is 1. The lowest BCUT2D eigenvalue weighted by atomic mass is 9.87. The molecule has 2 heteroatoms. The van der Waals surface area contributed by atoms with Gasteiger partial charge in [0, 0.05) is 19.1 Å². The SMILES string of the molecule is CC1CN(CCC2CCCCC2)CC1N. The first-order valence-electron chi connectivity index (χ1n) is 6.73. The third-order valence-corrected chi connectivity index (χ3v) is 4.32. The van der Waals surface area contributed by atoms with Crippen LogP contribution in [0.15, 0.2) is 0 Å². The van der Waals surface area contributed by atoms with Crippen molar-refractivity contribution < 1.29 is 0 Å². The molecule has 0 aromatic rings. The summed E-state index contributed by atoms with van der Waals surface area (Å²) in [7, 11) is 0. The summed E-state index contributed by atoms with van der Waals surface area (Å²) in [5.41, 5.74) is 6.04. The molecule has 2 fully saturated rings. The highest BCUT2D eigenvalue weighted by Gasteiger charge is 2.26. The fourth-order valence-corrected chi connectivity index (χ4v) is 3.12. The van der Waals surface area contributed by atoms with Gasteiger partial charge >= 0.3 is 0 Å². The van der Waals surface area contributed by atoms with E-state index in [0.717, 1.165) is 12.5 Å². The fourth-order valence-electron chi connectivity index (χ4n) is 3.12. The Morgan fingerprint density at radius 3 is 2.47 bits per heavy atom. The van der Waals surface area contributed by atoms with Crippen LogP contribution in [-0.4, -0.2) is 30.6 Å². The molecule has 2 N–H and O–H groups in total. The molecular formula is C13H26N2. The lowest BCUT2D eigenvalue weighted by Crippen LogP contribution is -2.29. The maximum absolute atomic E-state index is 6.04. The van der Waals surface area contributed by atoms with E-state index in [4.69, 9.17) is 5.73 Å². The van der Waals surface area contributed by atoms with E-state index in [1.54, 1.807) is 0 Å². The molecule has 2 aliphatic rings. The van der Waals surface area contributed by atoms with E-state index in [9.17, 15) is 0 Å². The molecule has 0 aromatic carbocycles. The second-order valence-corrected chi connectivity index (χ2v) is 5.69. The lowest BCUT2D eigenvalue weighted by Gasteiger charge is -2.24. The number of hydrogen-bond donors (Lipinski definition) is 1. The second-order valence-electron chi connectivity index (χ2n) is 5.69. The molecule has 15 heavy (non-hydrogen) atoms. The van der Waals surface area contributed by atoms with E-state index in [1.807, 2.05) is 0 Å². The summed E-state index contributed by atoms with van der Waals surface area (Å²) in [6.45, 7) is 5.94. The largest absolute Gasteiger partial charge is 0.326 e. The third-order valence-electron chi connectivity index (χ3n) is 4.32. The normalized spacial score (nSPS) is 34.8. The van der Waals surface area contributed by atoms with Crippen LogP contribution in [0.5, 0.6) is 0 Å². The Bertz CT molecular complexity index is 177. The molecule has 0 spiro atoms. The first-order chi connectivity index (χ1) is 7.25. The van der Waals surface area contributed by atoms with Gasteiger partial charge in [-0.2, -0.15) is 0 Å². The van der Waals surface area contributed by atoms with E-state index >= 15 is 0 Å². The van der Waals surface area contributed by atoms with Crippen molar-refractivity contribution in [2.24, 2.45) is 17.6 Å². The topological polar surface area (TPSA) is 29.3 Å². The molecule has 0 bridgehead atoms. The van der Waals surface area contributed by atoms with Crippen molar-refractivity contribution in [1.82, 2.24) is 4.90 Å². The molecule has 2 atom stereocenters. The lowest BCUT2D eigenvalue weighted by molar-refractivity contribution is 0.260. The van der Waals surface area contributed by atoms with Crippen LogP contribution < -0.4 is 5.73 Å². The van der Waals surface area contributed by atoms with Gasteiger partial charge in [-0.3, -0.25) is 0 Å². The molecule has 0 aromatic heterocycles. The molecule has 2 nitrogen and oxygen atoms in total. The van der Waals surface area contributed by atoms with Crippen LogP contribution in [0.25, 0.3) is 0 Å². The predicted octanol–water partition coefficient (Wildman–Crippen LogP) is 2.24. The van der Waals surface area contributed by atoms with Crippen LogP contribution in [0.2, 0.25) is 0 Å². The molecule has 0 amide bonds. The zero-order valence-corrected chi connectivity index (χ0v) is 10.1. The van der Waals surface area contributed by atoms with Gasteiger partial charge < -0.3 is 10.6 Å². The van der Waals surface area contributed by atoms with Gasteiger partial charge in [0.15, 0.2) is 0 Å². The monoisotopic (exact) mass is 210 g/mol. The second kappa shape index (κ2) is 5.31. The van der Waals surface area contributed by atoms with E-state index in [1.165, 1.54) is 51.6 Å². The maximum Gasteiger partial charge on any atom is 0.0206 e. The summed E-state index contributed by atoms with van der Waals surface area (Å²) >= 11 is 0. The summed E-state index contributed by atoms with van der Waals surface area (Å²) in [4.78, 5) is 2.57. The Balaban J connectivity index is 1.65. The minimum atomic E-state index is 0.427. The smallest absolute Gasteiger partial charge is 0.0206 e. The number of rotatable bonds is 3. The Morgan fingerprint density at radius 1 is 1.13 bits per heavy atom. The molecule has 1 saturated carbocycles. The molecule has 2 unspecified atom stereocenters. The summed E-state index contributed by atoms with van der Waals surface area (Å²) in [6, 6.07) is 0.427. The summed E-state index contributed by atoms with van der Waals surface area (Å²) < 4.78 is 0. The fraction of sp³-hybridized carbons (Fsp3) is 1.00. The minimum Gasteiger partial charge on any atom is -0.326 e. The van der Waals surface area contributed by atoms with Crippen molar-refractivity contribution in [3.05, 3.63) is 0 Å². The average molecular weight is 210 g/mol. The van der Waals surface area contributed by atoms with Crippen LogP contribution >= 0.6 is 0 Å². The van der Waals surface area contributed by atoms with Crippen LogP contribution in [0.3, 0.4) is 0 Å². The molecular weight excluding hydrogens is 184 g/mol. The Morgan fingerprint density at radius 2 is 1.87 bits per heavy atom. The van der Waals surface area contributed by atoms with Gasteiger partial charge in [0.05, 0.1) is 0 Å². The summed E-state index contributed by atoms with van der Waals surface area (Å²) in [6.07, 6.45) is 8.80. The molecule has 0 radical (unpaired) electrons. The highest BCUT2D eigenvalue weighted by molar-refractivity contribution is 4.84. The van der Waals surface area contributed by atoms with Crippen LogP contribution in [0, 0.1) is 11.8 Å². The van der Waals surface area contributed by atoms with Crippen molar-refractivity contribution in [2.45, 2.75) is 51.5 Å². The van der Waals surface area contributed by atoms with Gasteiger partial charge in [0.1, 0.15) is 0 Å². The van der Waals surface area contributed by atoms with Gasteiger partial charge in [0.25, 0.3) is 0 Å². The number of hydrogen-bond acceptors (Lipinski definition) is 2. The highest BCUT2D eigenvalue weighted by Crippen LogP contribution is 2.27. The zero-order chi connectivity index (χ0) is 10.7.